The van der Waals surface area contributed by atoms with Crippen LogP contribution >= 0.6 is 0 Å². The van der Waals surface area contributed by atoms with Crippen molar-refractivity contribution in [2.45, 2.75) is 6.36 Å². The van der Waals surface area contributed by atoms with Crippen molar-refractivity contribution in [3.8, 4) is 22.6 Å². The summed E-state index contributed by atoms with van der Waals surface area (Å²) in [6.07, 6.45) is -4.72. The second kappa shape index (κ2) is 5.32. The number of benzene rings is 2. The number of hydrogen-bond donors (Lipinski definition) is 1. The average Bonchev–Trinajstić information content (AvgIpc) is 2.37. The molecule has 6 heteroatoms. The lowest BCUT2D eigenvalue weighted by Crippen LogP contribution is -2.17. The van der Waals surface area contributed by atoms with Crippen molar-refractivity contribution in [1.29, 1.82) is 0 Å². The maximum Gasteiger partial charge on any atom is 0.573 e. The molecule has 2 aromatic carbocycles. The van der Waals surface area contributed by atoms with Crippen LogP contribution in [0.2, 0.25) is 0 Å². The Kier molecular flexibility index (Phi) is 3.74. The van der Waals surface area contributed by atoms with Crippen molar-refractivity contribution in [2.75, 3.05) is 12.8 Å². The molecule has 0 aliphatic rings. The number of ether oxygens (including phenoxy) is 2. The number of halogens is 3. The first kappa shape index (κ1) is 14.0. The van der Waals surface area contributed by atoms with Gasteiger partial charge in [0, 0.05) is 11.3 Å². The van der Waals surface area contributed by atoms with Crippen LogP contribution in [0.1, 0.15) is 0 Å². The van der Waals surface area contributed by atoms with E-state index >= 15 is 0 Å². The number of nitrogens with two attached hydrogens (primary N) is 1. The molecule has 20 heavy (non-hydrogen) atoms. The number of nitrogen functional groups attached to an aromatic ring is 1. The van der Waals surface area contributed by atoms with Crippen LogP contribution in [-0.4, -0.2) is 13.5 Å². The fourth-order valence-electron chi connectivity index (χ4n) is 1.81. The SMILES string of the molecule is COc1ccc(N)cc1-c1cccc(OC(F)(F)F)c1. The van der Waals surface area contributed by atoms with Crippen LogP contribution in [0.15, 0.2) is 42.5 Å². The normalized spacial score (nSPS) is 11.2. The highest BCUT2D eigenvalue weighted by Gasteiger charge is 2.31. The van der Waals surface area contributed by atoms with Crippen LogP contribution in [0.4, 0.5) is 18.9 Å². The third-order valence-electron chi connectivity index (χ3n) is 2.60. The molecule has 0 fully saturated rings. The van der Waals surface area contributed by atoms with Gasteiger partial charge in [0.05, 0.1) is 7.11 Å². The number of anilines is 1. The summed E-state index contributed by atoms with van der Waals surface area (Å²) in [6, 6.07) is 10.6. The molecule has 0 aliphatic heterocycles. The highest BCUT2D eigenvalue weighted by molar-refractivity contribution is 5.74. The summed E-state index contributed by atoms with van der Waals surface area (Å²) in [4.78, 5) is 0. The van der Waals surface area contributed by atoms with Gasteiger partial charge in [0.15, 0.2) is 0 Å². The quantitative estimate of drug-likeness (QED) is 0.870. The van der Waals surface area contributed by atoms with Crippen molar-refractivity contribution in [3.05, 3.63) is 42.5 Å². The standard InChI is InChI=1S/C14H12F3NO2/c1-19-13-6-5-10(18)8-12(13)9-3-2-4-11(7-9)20-14(15,16)17/h2-8H,18H2,1H3. The zero-order valence-corrected chi connectivity index (χ0v) is 10.6. The van der Waals surface area contributed by atoms with E-state index in [1.807, 2.05) is 0 Å². The molecule has 0 saturated heterocycles. The summed E-state index contributed by atoms with van der Waals surface area (Å²) in [5.41, 5.74) is 7.30. The van der Waals surface area contributed by atoms with Gasteiger partial charge in [-0.05, 0) is 35.9 Å². The van der Waals surface area contributed by atoms with Crippen LogP contribution in [0, 0.1) is 0 Å². The van der Waals surface area contributed by atoms with Crippen LogP contribution < -0.4 is 15.2 Å². The van der Waals surface area contributed by atoms with E-state index in [1.165, 1.54) is 25.3 Å². The van der Waals surface area contributed by atoms with E-state index < -0.39 is 6.36 Å². The molecule has 106 valence electrons. The molecule has 0 bridgehead atoms. The Morgan fingerprint density at radius 2 is 1.80 bits per heavy atom. The monoisotopic (exact) mass is 283 g/mol. The molecule has 0 atom stereocenters. The molecule has 0 radical (unpaired) electrons. The van der Waals surface area contributed by atoms with E-state index in [0.29, 0.717) is 22.6 Å². The zero-order valence-electron chi connectivity index (χ0n) is 10.6. The molecular formula is C14H12F3NO2. The molecule has 0 saturated carbocycles. The first-order valence-electron chi connectivity index (χ1n) is 5.69. The Morgan fingerprint density at radius 1 is 1.05 bits per heavy atom. The lowest BCUT2D eigenvalue weighted by Gasteiger charge is -2.12. The van der Waals surface area contributed by atoms with Gasteiger partial charge in [0.1, 0.15) is 11.5 Å². The van der Waals surface area contributed by atoms with Crippen molar-refractivity contribution >= 4 is 5.69 Å². The van der Waals surface area contributed by atoms with Crippen LogP contribution in [0.3, 0.4) is 0 Å². The van der Waals surface area contributed by atoms with E-state index in [-0.39, 0.29) is 5.75 Å². The molecule has 0 heterocycles. The number of methoxy groups -OCH3 is 1. The van der Waals surface area contributed by atoms with Gasteiger partial charge < -0.3 is 15.2 Å². The van der Waals surface area contributed by atoms with Gasteiger partial charge in [-0.25, -0.2) is 0 Å². The third-order valence-corrected chi connectivity index (χ3v) is 2.60. The molecule has 0 spiro atoms. The Bertz CT molecular complexity index is 612. The van der Waals surface area contributed by atoms with Gasteiger partial charge in [-0.1, -0.05) is 12.1 Å². The van der Waals surface area contributed by atoms with Crippen LogP contribution in [0.5, 0.6) is 11.5 Å². The fourth-order valence-corrected chi connectivity index (χ4v) is 1.81. The summed E-state index contributed by atoms with van der Waals surface area (Å²) in [5, 5.41) is 0. The molecular weight excluding hydrogens is 271 g/mol. The molecule has 2 rings (SSSR count). The van der Waals surface area contributed by atoms with Gasteiger partial charge in [-0.2, -0.15) is 0 Å². The molecule has 0 unspecified atom stereocenters. The smallest absolute Gasteiger partial charge is 0.496 e. The van der Waals surface area contributed by atoms with Gasteiger partial charge in [-0.3, -0.25) is 0 Å². The minimum Gasteiger partial charge on any atom is -0.496 e. The predicted octanol–water partition coefficient (Wildman–Crippen LogP) is 3.84. The van der Waals surface area contributed by atoms with E-state index in [9.17, 15) is 13.2 Å². The highest BCUT2D eigenvalue weighted by Crippen LogP contribution is 2.34. The van der Waals surface area contributed by atoms with Gasteiger partial charge >= 0.3 is 6.36 Å². The molecule has 2 aromatic rings. The lowest BCUT2D eigenvalue weighted by molar-refractivity contribution is -0.274. The summed E-state index contributed by atoms with van der Waals surface area (Å²) in [6.45, 7) is 0. The Balaban J connectivity index is 2.43. The van der Waals surface area contributed by atoms with Crippen molar-refractivity contribution < 1.29 is 22.6 Å². The van der Waals surface area contributed by atoms with Crippen molar-refractivity contribution in [1.82, 2.24) is 0 Å². The summed E-state index contributed by atoms with van der Waals surface area (Å²) in [7, 11) is 1.48. The lowest BCUT2D eigenvalue weighted by atomic mass is 10.0. The Morgan fingerprint density at radius 3 is 2.45 bits per heavy atom. The number of rotatable bonds is 3. The summed E-state index contributed by atoms with van der Waals surface area (Å²) >= 11 is 0. The average molecular weight is 283 g/mol. The molecule has 3 nitrogen and oxygen atoms in total. The largest absolute Gasteiger partial charge is 0.573 e. The predicted molar refractivity (Wildman–Crippen MR) is 69.5 cm³/mol. The molecule has 2 N–H and O–H groups in total. The first-order valence-corrected chi connectivity index (χ1v) is 5.69. The third kappa shape index (κ3) is 3.34. The second-order valence-corrected chi connectivity index (χ2v) is 4.04. The van der Waals surface area contributed by atoms with Gasteiger partial charge in [0.2, 0.25) is 0 Å². The minimum atomic E-state index is -4.72. The fraction of sp³-hybridized carbons (Fsp3) is 0.143. The van der Waals surface area contributed by atoms with Gasteiger partial charge in [-0.15, -0.1) is 13.2 Å². The zero-order chi connectivity index (χ0) is 14.8. The Labute approximate surface area is 113 Å². The first-order chi connectivity index (χ1) is 9.39. The summed E-state index contributed by atoms with van der Waals surface area (Å²) < 4.78 is 45.7. The topological polar surface area (TPSA) is 44.5 Å². The van der Waals surface area contributed by atoms with E-state index in [4.69, 9.17) is 10.5 Å². The van der Waals surface area contributed by atoms with E-state index in [0.717, 1.165) is 0 Å². The Hall–Kier alpha value is -2.37. The van der Waals surface area contributed by atoms with Crippen molar-refractivity contribution in [3.63, 3.8) is 0 Å². The van der Waals surface area contributed by atoms with Gasteiger partial charge in [0.25, 0.3) is 0 Å². The van der Waals surface area contributed by atoms with Crippen LogP contribution in [-0.2, 0) is 0 Å². The van der Waals surface area contributed by atoms with E-state index in [1.54, 1.807) is 24.3 Å². The van der Waals surface area contributed by atoms with Crippen LogP contribution in [0.25, 0.3) is 11.1 Å². The number of hydrogen-bond acceptors (Lipinski definition) is 3. The molecule has 0 aromatic heterocycles. The van der Waals surface area contributed by atoms with Crippen molar-refractivity contribution in [2.24, 2.45) is 0 Å². The number of alkyl halides is 3. The maximum atomic E-state index is 12.2. The molecule has 0 aliphatic carbocycles. The molecule has 0 amide bonds. The second-order valence-electron chi connectivity index (χ2n) is 4.04. The summed E-state index contributed by atoms with van der Waals surface area (Å²) in [5.74, 6) is 0.225. The van der Waals surface area contributed by atoms with E-state index in [2.05, 4.69) is 4.74 Å². The minimum absolute atomic E-state index is 0.292. The maximum absolute atomic E-state index is 12.2. The highest BCUT2D eigenvalue weighted by atomic mass is 19.4.